The second kappa shape index (κ2) is 8.22. The monoisotopic (exact) mass is 404 g/mol. The third kappa shape index (κ3) is 3.71. The molecular formula is C19H16N8O3. The van der Waals surface area contributed by atoms with Crippen LogP contribution in [-0.2, 0) is 0 Å². The van der Waals surface area contributed by atoms with Gasteiger partial charge in [-0.2, -0.15) is 9.78 Å². The topological polar surface area (TPSA) is 146 Å². The lowest BCUT2D eigenvalue weighted by Crippen LogP contribution is -2.19. The third-order valence-corrected chi connectivity index (χ3v) is 4.10. The summed E-state index contributed by atoms with van der Waals surface area (Å²) in [5.41, 5.74) is 10.0. The second-order valence-electron chi connectivity index (χ2n) is 6.01. The minimum Gasteiger partial charge on any atom is -0.497 e. The molecule has 0 radical (unpaired) electrons. The number of hydrogen-bond acceptors (Lipinski definition) is 9. The van der Waals surface area contributed by atoms with Gasteiger partial charge in [-0.25, -0.2) is 10.1 Å². The van der Waals surface area contributed by atoms with Crippen LogP contribution in [0.15, 0.2) is 64.3 Å². The predicted molar refractivity (Wildman–Crippen MR) is 107 cm³/mol. The normalized spacial score (nSPS) is 11.0. The van der Waals surface area contributed by atoms with E-state index in [1.54, 1.807) is 31.4 Å². The van der Waals surface area contributed by atoms with Crippen LogP contribution in [-0.4, -0.2) is 44.5 Å². The van der Waals surface area contributed by atoms with Crippen LogP contribution in [0.3, 0.4) is 0 Å². The number of nitrogens with two attached hydrogens (primary N) is 1. The molecule has 2 aromatic heterocycles. The van der Waals surface area contributed by atoms with Gasteiger partial charge >= 0.3 is 0 Å². The van der Waals surface area contributed by atoms with E-state index < -0.39 is 5.91 Å². The van der Waals surface area contributed by atoms with Crippen molar-refractivity contribution in [3.8, 4) is 22.8 Å². The van der Waals surface area contributed by atoms with Gasteiger partial charge in [0.05, 0.1) is 13.3 Å². The van der Waals surface area contributed by atoms with Crippen molar-refractivity contribution in [1.82, 2.24) is 30.7 Å². The molecule has 0 spiro atoms. The average Bonchev–Trinajstić information content (AvgIpc) is 3.40. The first-order chi connectivity index (χ1) is 14.7. The molecule has 1 amide bonds. The molecule has 150 valence electrons. The number of methoxy groups -OCH3 is 1. The molecule has 30 heavy (non-hydrogen) atoms. The molecular weight excluding hydrogens is 388 g/mol. The van der Waals surface area contributed by atoms with E-state index in [1.807, 2.05) is 30.3 Å². The van der Waals surface area contributed by atoms with Gasteiger partial charge in [0.1, 0.15) is 11.4 Å². The summed E-state index contributed by atoms with van der Waals surface area (Å²) >= 11 is 0. The minimum atomic E-state index is -0.568. The second-order valence-corrected chi connectivity index (χ2v) is 6.01. The highest BCUT2D eigenvalue weighted by Gasteiger charge is 2.25. The Morgan fingerprint density at radius 3 is 2.77 bits per heavy atom. The van der Waals surface area contributed by atoms with Crippen molar-refractivity contribution in [2.75, 3.05) is 12.8 Å². The highest BCUT2D eigenvalue weighted by Crippen LogP contribution is 2.28. The van der Waals surface area contributed by atoms with Crippen molar-refractivity contribution in [2.24, 2.45) is 5.10 Å². The van der Waals surface area contributed by atoms with Gasteiger partial charge in [-0.1, -0.05) is 47.7 Å². The predicted octanol–water partition coefficient (Wildman–Crippen LogP) is 1.67. The largest absolute Gasteiger partial charge is 0.497 e. The minimum absolute atomic E-state index is 0.00176. The lowest BCUT2D eigenvalue weighted by atomic mass is 10.1. The third-order valence-electron chi connectivity index (χ3n) is 4.10. The number of nitrogen functional groups attached to an aromatic ring is 1. The van der Waals surface area contributed by atoms with E-state index in [2.05, 4.69) is 35.8 Å². The molecule has 4 rings (SSSR count). The van der Waals surface area contributed by atoms with E-state index >= 15 is 0 Å². The fourth-order valence-corrected chi connectivity index (χ4v) is 2.71. The van der Waals surface area contributed by atoms with E-state index in [-0.39, 0.29) is 17.3 Å². The van der Waals surface area contributed by atoms with Gasteiger partial charge in [-0.05, 0) is 28.0 Å². The molecule has 2 heterocycles. The Morgan fingerprint density at radius 1 is 1.20 bits per heavy atom. The van der Waals surface area contributed by atoms with E-state index in [0.29, 0.717) is 17.0 Å². The van der Waals surface area contributed by atoms with E-state index in [4.69, 9.17) is 10.5 Å². The number of hydrogen-bond donors (Lipinski definition) is 2. The Kier molecular flexibility index (Phi) is 5.16. The van der Waals surface area contributed by atoms with Gasteiger partial charge in [-0.15, -0.1) is 5.10 Å². The number of aromatic nitrogens is 5. The first-order valence-electron chi connectivity index (χ1n) is 8.74. The van der Waals surface area contributed by atoms with Crippen molar-refractivity contribution >= 4 is 17.9 Å². The summed E-state index contributed by atoms with van der Waals surface area (Å²) in [6, 6.07) is 16.4. The SMILES string of the molecule is COc1cccc(-c2c(C(=O)N/N=C\c3ccccc3)nnn2-c2nonc2N)c1. The van der Waals surface area contributed by atoms with E-state index in [9.17, 15) is 4.79 Å². The van der Waals surface area contributed by atoms with Gasteiger partial charge < -0.3 is 10.5 Å². The van der Waals surface area contributed by atoms with Gasteiger partial charge in [-0.3, -0.25) is 4.79 Å². The maximum atomic E-state index is 12.8. The standard InChI is InChI=1S/C19H16N8O3/c1-29-14-9-5-8-13(10-14)16-15(22-26-27(16)18-17(20)24-30-25-18)19(28)23-21-11-12-6-3-2-4-7-12/h2-11H,1H3,(H2,20,24)(H,23,28)/b21-11-. The zero-order valence-corrected chi connectivity index (χ0v) is 15.8. The maximum absolute atomic E-state index is 12.8. The molecule has 0 aliphatic carbocycles. The number of carbonyl (C=O) groups excluding carboxylic acids is 1. The Hall–Kier alpha value is -4.54. The van der Waals surface area contributed by atoms with Crippen LogP contribution in [0.25, 0.3) is 17.1 Å². The molecule has 11 nitrogen and oxygen atoms in total. The number of anilines is 1. The average molecular weight is 404 g/mol. The van der Waals surface area contributed by atoms with Crippen molar-refractivity contribution in [3.63, 3.8) is 0 Å². The fourth-order valence-electron chi connectivity index (χ4n) is 2.71. The number of nitrogens with zero attached hydrogens (tertiary/aromatic N) is 6. The van der Waals surface area contributed by atoms with Gasteiger partial charge in [0.25, 0.3) is 5.91 Å². The number of nitrogens with one attached hydrogen (secondary N) is 1. The Balaban J connectivity index is 1.72. The van der Waals surface area contributed by atoms with Crippen molar-refractivity contribution < 1.29 is 14.2 Å². The highest BCUT2D eigenvalue weighted by molar-refractivity contribution is 5.98. The van der Waals surface area contributed by atoms with Crippen LogP contribution in [0.2, 0.25) is 0 Å². The first-order valence-corrected chi connectivity index (χ1v) is 8.74. The number of carbonyl (C=O) groups is 1. The summed E-state index contributed by atoms with van der Waals surface area (Å²) in [5, 5.41) is 19.3. The molecule has 0 aliphatic rings. The summed E-state index contributed by atoms with van der Waals surface area (Å²) in [4.78, 5) is 12.8. The Morgan fingerprint density at radius 2 is 2.03 bits per heavy atom. The molecule has 4 aromatic rings. The van der Waals surface area contributed by atoms with Crippen LogP contribution in [0.5, 0.6) is 5.75 Å². The van der Waals surface area contributed by atoms with Crippen LogP contribution >= 0.6 is 0 Å². The van der Waals surface area contributed by atoms with Crippen molar-refractivity contribution in [3.05, 3.63) is 65.9 Å². The molecule has 0 bridgehead atoms. The number of benzene rings is 2. The Bertz CT molecular complexity index is 1200. The summed E-state index contributed by atoms with van der Waals surface area (Å²) in [7, 11) is 1.54. The van der Waals surface area contributed by atoms with E-state index in [0.717, 1.165) is 5.56 Å². The van der Waals surface area contributed by atoms with Crippen molar-refractivity contribution in [1.29, 1.82) is 0 Å². The van der Waals surface area contributed by atoms with E-state index in [1.165, 1.54) is 10.9 Å². The lowest BCUT2D eigenvalue weighted by molar-refractivity contribution is 0.0950. The number of rotatable bonds is 6. The van der Waals surface area contributed by atoms with Crippen LogP contribution in [0.4, 0.5) is 5.82 Å². The smallest absolute Gasteiger partial charge is 0.294 e. The lowest BCUT2D eigenvalue weighted by Gasteiger charge is -2.07. The first kappa shape index (κ1) is 18.8. The summed E-state index contributed by atoms with van der Waals surface area (Å²) in [5.74, 6) is 0.117. The molecule has 11 heteroatoms. The molecule has 2 aromatic carbocycles. The number of hydrazone groups is 1. The molecule has 0 fully saturated rings. The van der Waals surface area contributed by atoms with Gasteiger partial charge in [0.2, 0.25) is 11.6 Å². The fraction of sp³-hybridized carbons (Fsp3) is 0.0526. The zero-order valence-electron chi connectivity index (χ0n) is 15.8. The summed E-state index contributed by atoms with van der Waals surface area (Å²) in [6.45, 7) is 0. The highest BCUT2D eigenvalue weighted by atomic mass is 16.6. The zero-order chi connectivity index (χ0) is 20.9. The van der Waals surface area contributed by atoms with Crippen LogP contribution in [0.1, 0.15) is 16.1 Å². The molecule has 0 atom stereocenters. The van der Waals surface area contributed by atoms with Crippen LogP contribution < -0.4 is 15.9 Å². The Labute approximate surface area is 170 Å². The molecule has 3 N–H and O–H groups in total. The molecule has 0 aliphatic heterocycles. The number of amides is 1. The maximum Gasteiger partial charge on any atom is 0.294 e. The molecule has 0 saturated heterocycles. The molecule has 0 saturated carbocycles. The summed E-state index contributed by atoms with van der Waals surface area (Å²) in [6.07, 6.45) is 1.52. The van der Waals surface area contributed by atoms with Crippen molar-refractivity contribution in [2.45, 2.75) is 0 Å². The van der Waals surface area contributed by atoms with Crippen LogP contribution in [0, 0.1) is 0 Å². The number of ether oxygens (including phenoxy) is 1. The quantitative estimate of drug-likeness (QED) is 0.364. The van der Waals surface area contributed by atoms with Gasteiger partial charge in [0.15, 0.2) is 5.69 Å². The summed E-state index contributed by atoms with van der Waals surface area (Å²) < 4.78 is 11.2. The molecule has 0 unspecified atom stereocenters. The van der Waals surface area contributed by atoms with Gasteiger partial charge in [0, 0.05) is 5.56 Å².